The van der Waals surface area contributed by atoms with Crippen molar-refractivity contribution in [3.63, 3.8) is 0 Å². The molecule has 8 heteroatoms. The largest absolute Gasteiger partial charge is 0.480 e. The van der Waals surface area contributed by atoms with Crippen molar-refractivity contribution < 1.29 is 24.2 Å². The van der Waals surface area contributed by atoms with Crippen molar-refractivity contribution in [3.05, 3.63) is 0 Å². The van der Waals surface area contributed by atoms with Gasteiger partial charge < -0.3 is 19.6 Å². The molecule has 0 saturated carbocycles. The molecule has 27 heavy (non-hydrogen) atoms. The van der Waals surface area contributed by atoms with Crippen molar-refractivity contribution in [2.45, 2.75) is 26.3 Å². The summed E-state index contributed by atoms with van der Waals surface area (Å²) in [4.78, 5) is 41.4. The predicted octanol–water partition coefficient (Wildman–Crippen LogP) is -0.262. The summed E-state index contributed by atoms with van der Waals surface area (Å²) in [5, 5.41) is 9.36. The molecule has 1 unspecified atom stereocenters. The van der Waals surface area contributed by atoms with Gasteiger partial charge in [-0.2, -0.15) is 0 Å². The topological polar surface area (TPSA) is 90.4 Å². The molecule has 0 bridgehead atoms. The van der Waals surface area contributed by atoms with Gasteiger partial charge in [0.1, 0.15) is 6.04 Å². The number of amides is 2. The molecule has 2 aliphatic heterocycles. The molecule has 2 atom stereocenters. The molecule has 2 rings (SSSR count). The quantitative estimate of drug-likeness (QED) is 0.662. The number of rotatable bonds is 5. The Kier molecular flexibility index (Phi) is 7.63. The molecule has 0 spiro atoms. The third-order valence-corrected chi connectivity index (χ3v) is 5.08. The average Bonchev–Trinajstić information content (AvgIpc) is 3.11. The minimum Gasteiger partial charge on any atom is -0.480 e. The Balaban J connectivity index is 1.87. The van der Waals surface area contributed by atoms with Crippen molar-refractivity contribution in [3.8, 4) is 11.8 Å². The normalized spacial score (nSPS) is 21.5. The fourth-order valence-corrected chi connectivity index (χ4v) is 3.53. The lowest BCUT2D eigenvalue weighted by Gasteiger charge is -2.29. The Morgan fingerprint density at radius 2 is 1.89 bits per heavy atom. The van der Waals surface area contributed by atoms with E-state index in [0.717, 1.165) is 13.1 Å². The van der Waals surface area contributed by atoms with Crippen LogP contribution in [0.25, 0.3) is 0 Å². The van der Waals surface area contributed by atoms with Gasteiger partial charge in [0, 0.05) is 33.2 Å². The summed E-state index contributed by atoms with van der Waals surface area (Å²) in [7, 11) is 1.52. The minimum atomic E-state index is -1.01. The smallest absolute Gasteiger partial charge is 0.326 e. The van der Waals surface area contributed by atoms with Gasteiger partial charge in [-0.3, -0.25) is 14.5 Å². The summed E-state index contributed by atoms with van der Waals surface area (Å²) in [5.74, 6) is 3.47. The maximum Gasteiger partial charge on any atom is 0.326 e. The van der Waals surface area contributed by atoms with Crippen molar-refractivity contribution in [1.29, 1.82) is 0 Å². The van der Waals surface area contributed by atoms with Crippen LogP contribution in [0.4, 0.5) is 0 Å². The monoisotopic (exact) mass is 379 g/mol. The van der Waals surface area contributed by atoms with E-state index in [0.29, 0.717) is 39.3 Å². The molecule has 150 valence electrons. The van der Waals surface area contributed by atoms with Gasteiger partial charge in [-0.05, 0) is 18.3 Å². The molecular weight excluding hydrogens is 350 g/mol. The first-order valence-corrected chi connectivity index (χ1v) is 9.38. The first-order chi connectivity index (χ1) is 12.8. The van der Waals surface area contributed by atoms with E-state index in [1.165, 1.54) is 11.9 Å². The average molecular weight is 379 g/mol. The molecule has 2 amide bonds. The Morgan fingerprint density at radius 3 is 2.48 bits per heavy atom. The lowest BCUT2D eigenvalue weighted by Crippen LogP contribution is -2.48. The van der Waals surface area contributed by atoms with Gasteiger partial charge >= 0.3 is 5.97 Å². The van der Waals surface area contributed by atoms with Gasteiger partial charge in [-0.25, -0.2) is 4.79 Å². The molecule has 8 nitrogen and oxygen atoms in total. The van der Waals surface area contributed by atoms with E-state index in [-0.39, 0.29) is 23.7 Å². The number of carbonyl (C=O) groups excluding carboxylic acids is 2. The lowest BCUT2D eigenvalue weighted by atomic mass is 10.0. The summed E-state index contributed by atoms with van der Waals surface area (Å²) >= 11 is 0. The first-order valence-electron chi connectivity index (χ1n) is 9.38. The van der Waals surface area contributed by atoms with Gasteiger partial charge in [-0.1, -0.05) is 19.8 Å². The molecule has 2 fully saturated rings. The number of ether oxygens (including phenoxy) is 1. The molecule has 2 heterocycles. The zero-order valence-corrected chi connectivity index (χ0v) is 16.3. The highest BCUT2D eigenvalue weighted by Crippen LogP contribution is 2.21. The highest BCUT2D eigenvalue weighted by Gasteiger charge is 2.37. The predicted molar refractivity (Wildman–Crippen MR) is 98.8 cm³/mol. The second kappa shape index (κ2) is 9.72. The van der Waals surface area contributed by atoms with Crippen molar-refractivity contribution in [1.82, 2.24) is 14.7 Å². The van der Waals surface area contributed by atoms with Crippen molar-refractivity contribution >= 4 is 17.8 Å². The summed E-state index contributed by atoms with van der Waals surface area (Å²) in [5.41, 5.74) is 0. The van der Waals surface area contributed by atoms with Crippen LogP contribution >= 0.6 is 0 Å². The molecule has 2 aliphatic rings. The standard InChI is InChI=1S/C19H29N3O5/c1-14(2)17(19(25)26)20(3)18(24)15-6-8-22(13-15)16(23)5-4-7-21-9-11-27-12-10-21/h14-15,17H,6-13H2,1-3H3,(H,25,26)/t15-,17?/m0/s1. The van der Waals surface area contributed by atoms with Crippen LogP contribution < -0.4 is 0 Å². The highest BCUT2D eigenvalue weighted by molar-refractivity contribution is 5.94. The second-order valence-corrected chi connectivity index (χ2v) is 7.40. The third kappa shape index (κ3) is 5.68. The third-order valence-electron chi connectivity index (χ3n) is 5.08. The van der Waals surface area contributed by atoms with E-state index in [2.05, 4.69) is 16.7 Å². The minimum absolute atomic E-state index is 0.193. The van der Waals surface area contributed by atoms with Crippen molar-refractivity contribution in [2.75, 3.05) is 53.0 Å². The SMILES string of the molecule is CC(C)C(C(=O)O)N(C)C(=O)[C@H]1CCN(C(=O)C#CCN2CCOCC2)C1. The summed E-state index contributed by atoms with van der Waals surface area (Å²) in [6.45, 7) is 7.84. The molecule has 0 aromatic heterocycles. The lowest BCUT2D eigenvalue weighted by molar-refractivity contribution is -0.152. The fourth-order valence-electron chi connectivity index (χ4n) is 3.53. The Morgan fingerprint density at radius 1 is 1.22 bits per heavy atom. The van der Waals surface area contributed by atoms with Crippen LogP contribution in [0.5, 0.6) is 0 Å². The van der Waals surface area contributed by atoms with Gasteiger partial charge in [0.15, 0.2) is 0 Å². The number of hydrogen-bond donors (Lipinski definition) is 1. The number of hydrogen-bond acceptors (Lipinski definition) is 5. The van der Waals surface area contributed by atoms with Crippen LogP contribution in [0.3, 0.4) is 0 Å². The summed E-state index contributed by atoms with van der Waals surface area (Å²) < 4.78 is 5.27. The maximum atomic E-state index is 12.7. The van der Waals surface area contributed by atoms with E-state index in [4.69, 9.17) is 4.74 Å². The zero-order chi connectivity index (χ0) is 20.0. The van der Waals surface area contributed by atoms with Crippen LogP contribution in [0, 0.1) is 23.7 Å². The van der Waals surface area contributed by atoms with E-state index in [9.17, 15) is 19.5 Å². The van der Waals surface area contributed by atoms with Crippen LogP contribution in [0.15, 0.2) is 0 Å². The maximum absolute atomic E-state index is 12.7. The van der Waals surface area contributed by atoms with E-state index in [1.807, 2.05) is 0 Å². The van der Waals surface area contributed by atoms with Gasteiger partial charge in [0.05, 0.1) is 25.7 Å². The van der Waals surface area contributed by atoms with Crippen molar-refractivity contribution in [2.24, 2.45) is 11.8 Å². The number of carbonyl (C=O) groups is 3. The molecule has 0 aromatic rings. The number of nitrogens with zero attached hydrogens (tertiary/aromatic N) is 3. The highest BCUT2D eigenvalue weighted by atomic mass is 16.5. The molecule has 0 aromatic carbocycles. The molecule has 0 radical (unpaired) electrons. The van der Waals surface area contributed by atoms with E-state index < -0.39 is 12.0 Å². The molecule has 2 saturated heterocycles. The Bertz CT molecular complexity index is 619. The zero-order valence-electron chi connectivity index (χ0n) is 16.3. The fraction of sp³-hybridized carbons (Fsp3) is 0.737. The second-order valence-electron chi connectivity index (χ2n) is 7.40. The first kappa shape index (κ1) is 21.2. The summed E-state index contributed by atoms with van der Waals surface area (Å²) in [6.07, 6.45) is 0.532. The summed E-state index contributed by atoms with van der Waals surface area (Å²) in [6, 6.07) is -0.865. The van der Waals surface area contributed by atoms with E-state index in [1.54, 1.807) is 18.7 Å². The van der Waals surface area contributed by atoms with Gasteiger partial charge in [0.2, 0.25) is 5.91 Å². The molecule has 1 N–H and O–H groups in total. The molecule has 0 aliphatic carbocycles. The Hall–Kier alpha value is -2.11. The van der Waals surface area contributed by atoms with Gasteiger partial charge in [-0.15, -0.1) is 0 Å². The van der Waals surface area contributed by atoms with Gasteiger partial charge in [0.25, 0.3) is 5.91 Å². The number of likely N-dealkylation sites (tertiary alicyclic amines) is 1. The number of morpholine rings is 1. The number of carboxylic acid groups (broad SMARTS) is 1. The van der Waals surface area contributed by atoms with Crippen LogP contribution in [-0.4, -0.2) is 96.6 Å². The number of likely N-dealkylation sites (N-methyl/N-ethyl adjacent to an activating group) is 1. The number of aliphatic carboxylic acids is 1. The van der Waals surface area contributed by atoms with Crippen LogP contribution in [-0.2, 0) is 19.1 Å². The van der Waals surface area contributed by atoms with Crippen LogP contribution in [0.2, 0.25) is 0 Å². The van der Waals surface area contributed by atoms with Crippen LogP contribution in [0.1, 0.15) is 20.3 Å². The van der Waals surface area contributed by atoms with E-state index >= 15 is 0 Å². The Labute approximate surface area is 160 Å². The molecular formula is C19H29N3O5. The number of carboxylic acids is 1.